The third-order valence-electron chi connectivity index (χ3n) is 2.02. The number of nitrogens with one attached hydrogen (secondary N) is 1. The van der Waals surface area contributed by atoms with E-state index in [1.54, 1.807) is 6.26 Å². The van der Waals surface area contributed by atoms with Crippen LogP contribution in [0.3, 0.4) is 0 Å². The molecular weight excluding hydrogens is 166 g/mol. The molecule has 0 amide bonds. The van der Waals surface area contributed by atoms with Crippen molar-refractivity contribution in [2.75, 3.05) is 13.2 Å². The zero-order valence-corrected chi connectivity index (χ0v) is 8.05. The molecule has 0 unspecified atom stereocenters. The average Bonchev–Trinajstić information content (AvgIpc) is 2.52. The van der Waals surface area contributed by atoms with Gasteiger partial charge in [-0.05, 0) is 37.9 Å². The lowest BCUT2D eigenvalue weighted by Gasteiger charge is -2.01. The Labute approximate surface area is 78.8 Å². The van der Waals surface area contributed by atoms with Gasteiger partial charge in [-0.3, -0.25) is 0 Å². The van der Waals surface area contributed by atoms with Crippen molar-refractivity contribution in [3.8, 4) is 0 Å². The third kappa shape index (κ3) is 3.61. The quantitative estimate of drug-likeness (QED) is 0.656. The summed E-state index contributed by atoms with van der Waals surface area (Å²) in [6.07, 6.45) is 3.58. The van der Waals surface area contributed by atoms with Crippen molar-refractivity contribution in [3.63, 3.8) is 0 Å². The smallest absolute Gasteiger partial charge is 0.120 e. The van der Waals surface area contributed by atoms with Crippen LogP contribution in [-0.4, -0.2) is 18.3 Å². The highest BCUT2D eigenvalue weighted by Gasteiger charge is 1.99. The molecular formula is C10H17NO2. The van der Waals surface area contributed by atoms with Gasteiger partial charge in [0.15, 0.2) is 0 Å². The van der Waals surface area contributed by atoms with Gasteiger partial charge in [0.2, 0.25) is 0 Å². The molecule has 0 saturated carbocycles. The Morgan fingerprint density at radius 2 is 2.31 bits per heavy atom. The molecule has 1 rings (SSSR count). The molecule has 2 N–H and O–H groups in total. The van der Waals surface area contributed by atoms with Gasteiger partial charge in [-0.25, -0.2) is 0 Å². The maximum atomic E-state index is 8.55. The van der Waals surface area contributed by atoms with Crippen LogP contribution < -0.4 is 5.32 Å². The number of rotatable bonds is 6. The lowest BCUT2D eigenvalue weighted by atomic mass is 10.2. The molecule has 3 nitrogen and oxygen atoms in total. The number of aliphatic hydroxyl groups is 1. The Morgan fingerprint density at radius 1 is 1.46 bits per heavy atom. The van der Waals surface area contributed by atoms with Gasteiger partial charge < -0.3 is 14.8 Å². The van der Waals surface area contributed by atoms with Gasteiger partial charge >= 0.3 is 0 Å². The number of hydrogen-bond acceptors (Lipinski definition) is 3. The van der Waals surface area contributed by atoms with E-state index in [2.05, 4.69) is 5.32 Å². The Bertz CT molecular complexity index is 233. The topological polar surface area (TPSA) is 45.4 Å². The first-order valence-electron chi connectivity index (χ1n) is 4.69. The van der Waals surface area contributed by atoms with Crippen LogP contribution in [-0.2, 0) is 6.54 Å². The normalized spacial score (nSPS) is 10.6. The molecule has 1 aromatic rings. The minimum atomic E-state index is 0.279. The van der Waals surface area contributed by atoms with Gasteiger partial charge in [0.1, 0.15) is 5.76 Å². The molecule has 0 aliphatic rings. The lowest BCUT2D eigenvalue weighted by Crippen LogP contribution is -2.15. The molecule has 0 aliphatic carbocycles. The summed E-state index contributed by atoms with van der Waals surface area (Å²) >= 11 is 0. The molecule has 1 heterocycles. The van der Waals surface area contributed by atoms with Gasteiger partial charge in [0, 0.05) is 6.61 Å². The van der Waals surface area contributed by atoms with Crippen molar-refractivity contribution in [1.29, 1.82) is 0 Å². The van der Waals surface area contributed by atoms with Gasteiger partial charge in [-0.15, -0.1) is 0 Å². The molecule has 3 heteroatoms. The molecule has 0 aromatic carbocycles. The maximum absolute atomic E-state index is 8.55. The molecule has 0 saturated heterocycles. The SMILES string of the molecule is Cc1ccoc1CNCCCCO. The first kappa shape index (κ1) is 10.3. The third-order valence-corrected chi connectivity index (χ3v) is 2.02. The highest BCUT2D eigenvalue weighted by Crippen LogP contribution is 2.07. The Kier molecular flexibility index (Phi) is 4.57. The van der Waals surface area contributed by atoms with Crippen LogP contribution in [0.15, 0.2) is 16.7 Å². The summed E-state index contributed by atoms with van der Waals surface area (Å²) in [6, 6.07) is 1.96. The minimum absolute atomic E-state index is 0.279. The molecule has 0 atom stereocenters. The summed E-state index contributed by atoms with van der Waals surface area (Å²) in [5.74, 6) is 1.00. The summed E-state index contributed by atoms with van der Waals surface area (Å²) in [5.41, 5.74) is 1.19. The van der Waals surface area contributed by atoms with Crippen LogP contribution in [0, 0.1) is 6.92 Å². The van der Waals surface area contributed by atoms with E-state index in [1.807, 2.05) is 13.0 Å². The average molecular weight is 183 g/mol. The van der Waals surface area contributed by atoms with E-state index in [4.69, 9.17) is 9.52 Å². The molecule has 0 fully saturated rings. The van der Waals surface area contributed by atoms with E-state index in [9.17, 15) is 0 Å². The summed E-state index contributed by atoms with van der Waals surface area (Å²) in [4.78, 5) is 0. The van der Waals surface area contributed by atoms with Crippen LogP contribution in [0.5, 0.6) is 0 Å². The van der Waals surface area contributed by atoms with Crippen LogP contribution in [0.25, 0.3) is 0 Å². The highest BCUT2D eigenvalue weighted by atomic mass is 16.3. The molecule has 13 heavy (non-hydrogen) atoms. The summed E-state index contributed by atoms with van der Waals surface area (Å²) in [7, 11) is 0. The van der Waals surface area contributed by atoms with Crippen LogP contribution in [0.4, 0.5) is 0 Å². The Morgan fingerprint density at radius 3 is 2.92 bits per heavy atom. The van der Waals surface area contributed by atoms with Gasteiger partial charge in [0.25, 0.3) is 0 Å². The molecule has 0 aliphatic heterocycles. The van der Waals surface area contributed by atoms with E-state index < -0.39 is 0 Å². The molecule has 74 valence electrons. The standard InChI is InChI=1S/C10H17NO2/c1-9-4-7-13-10(9)8-11-5-2-3-6-12/h4,7,11-12H,2-3,5-6,8H2,1H3. The van der Waals surface area contributed by atoms with E-state index >= 15 is 0 Å². The predicted molar refractivity (Wildman–Crippen MR) is 51.5 cm³/mol. The number of aryl methyl sites for hydroxylation is 1. The van der Waals surface area contributed by atoms with Crippen molar-refractivity contribution in [2.45, 2.75) is 26.3 Å². The van der Waals surface area contributed by atoms with Crippen molar-refractivity contribution in [2.24, 2.45) is 0 Å². The number of unbranched alkanes of at least 4 members (excludes halogenated alkanes) is 1. The Hall–Kier alpha value is -0.800. The number of hydrogen-bond donors (Lipinski definition) is 2. The van der Waals surface area contributed by atoms with E-state index in [-0.39, 0.29) is 6.61 Å². The monoisotopic (exact) mass is 183 g/mol. The van der Waals surface area contributed by atoms with Gasteiger partial charge in [-0.2, -0.15) is 0 Å². The highest BCUT2D eigenvalue weighted by molar-refractivity contribution is 5.13. The first-order valence-corrected chi connectivity index (χ1v) is 4.69. The van der Waals surface area contributed by atoms with E-state index in [1.165, 1.54) is 5.56 Å². The zero-order chi connectivity index (χ0) is 9.52. The van der Waals surface area contributed by atoms with E-state index in [0.717, 1.165) is 31.7 Å². The lowest BCUT2D eigenvalue weighted by molar-refractivity contribution is 0.283. The largest absolute Gasteiger partial charge is 0.468 e. The first-order chi connectivity index (χ1) is 6.34. The van der Waals surface area contributed by atoms with Gasteiger partial charge in [0.05, 0.1) is 12.8 Å². The second-order valence-electron chi connectivity index (χ2n) is 3.13. The zero-order valence-electron chi connectivity index (χ0n) is 8.05. The maximum Gasteiger partial charge on any atom is 0.120 e. The second kappa shape index (κ2) is 5.78. The molecule has 0 bridgehead atoms. The second-order valence-corrected chi connectivity index (χ2v) is 3.13. The summed E-state index contributed by atoms with van der Waals surface area (Å²) in [6.45, 7) is 4.03. The number of aliphatic hydroxyl groups excluding tert-OH is 1. The van der Waals surface area contributed by atoms with Crippen LogP contribution >= 0.6 is 0 Å². The number of furan rings is 1. The van der Waals surface area contributed by atoms with Crippen molar-refractivity contribution < 1.29 is 9.52 Å². The minimum Gasteiger partial charge on any atom is -0.468 e. The fourth-order valence-electron chi connectivity index (χ4n) is 1.15. The summed E-state index contributed by atoms with van der Waals surface area (Å²) in [5, 5.41) is 11.8. The molecule has 1 aromatic heterocycles. The van der Waals surface area contributed by atoms with Gasteiger partial charge in [-0.1, -0.05) is 0 Å². The summed E-state index contributed by atoms with van der Waals surface area (Å²) < 4.78 is 5.26. The van der Waals surface area contributed by atoms with Crippen LogP contribution in [0.1, 0.15) is 24.2 Å². The van der Waals surface area contributed by atoms with Crippen molar-refractivity contribution in [3.05, 3.63) is 23.7 Å². The molecule has 0 radical (unpaired) electrons. The van der Waals surface area contributed by atoms with Crippen molar-refractivity contribution in [1.82, 2.24) is 5.32 Å². The predicted octanol–water partition coefficient (Wildman–Crippen LogP) is 1.45. The van der Waals surface area contributed by atoms with Crippen LogP contribution in [0.2, 0.25) is 0 Å². The fourth-order valence-corrected chi connectivity index (χ4v) is 1.15. The van der Waals surface area contributed by atoms with Crippen molar-refractivity contribution >= 4 is 0 Å². The van der Waals surface area contributed by atoms with E-state index in [0.29, 0.717) is 0 Å². The fraction of sp³-hybridized carbons (Fsp3) is 0.600. The Balaban J connectivity index is 2.10. The molecule has 0 spiro atoms.